The smallest absolute Gasteiger partial charge is 0.252 e. The molecule has 3 heterocycles. The second-order valence-corrected chi connectivity index (χ2v) is 9.02. The molecular formula is C25H28ClN3O3. The van der Waals surface area contributed by atoms with Crippen LogP contribution in [0, 0.1) is 0 Å². The van der Waals surface area contributed by atoms with E-state index in [9.17, 15) is 4.79 Å². The first-order chi connectivity index (χ1) is 15.6. The van der Waals surface area contributed by atoms with Crippen LogP contribution in [0.1, 0.15) is 47.2 Å². The fourth-order valence-electron chi connectivity index (χ4n) is 4.74. The van der Waals surface area contributed by atoms with Gasteiger partial charge < -0.3 is 20.1 Å². The van der Waals surface area contributed by atoms with Gasteiger partial charge in [-0.2, -0.15) is 0 Å². The third-order valence-corrected chi connectivity index (χ3v) is 6.79. The van der Waals surface area contributed by atoms with Gasteiger partial charge in [-0.1, -0.05) is 24.1 Å². The van der Waals surface area contributed by atoms with Crippen molar-refractivity contribution < 1.29 is 14.6 Å². The van der Waals surface area contributed by atoms with Crippen LogP contribution in [-0.4, -0.2) is 47.2 Å². The normalized spacial score (nSPS) is 16.4. The Kier molecular flexibility index (Phi) is 6.09. The van der Waals surface area contributed by atoms with Crippen LogP contribution in [0.15, 0.2) is 30.3 Å². The van der Waals surface area contributed by atoms with Crippen molar-refractivity contribution in [2.45, 2.75) is 38.8 Å². The van der Waals surface area contributed by atoms with E-state index < -0.39 is 0 Å². The molecule has 168 valence electrons. The molecule has 0 atom stereocenters. The lowest BCUT2D eigenvalue weighted by Gasteiger charge is -2.26. The summed E-state index contributed by atoms with van der Waals surface area (Å²) in [5.74, 6) is 0.415. The van der Waals surface area contributed by atoms with Gasteiger partial charge >= 0.3 is 0 Å². The van der Waals surface area contributed by atoms with E-state index in [2.05, 4.69) is 39.5 Å². The fraction of sp³-hybridized carbons (Fsp3) is 0.400. The molecule has 3 aromatic rings. The van der Waals surface area contributed by atoms with Crippen LogP contribution in [-0.2, 0) is 13.1 Å². The fourth-order valence-corrected chi connectivity index (χ4v) is 5.01. The van der Waals surface area contributed by atoms with Crippen LogP contribution in [0.25, 0.3) is 22.2 Å². The molecule has 7 heteroatoms. The van der Waals surface area contributed by atoms with Gasteiger partial charge in [0.1, 0.15) is 5.75 Å². The second-order valence-electron chi connectivity index (χ2n) is 8.64. The summed E-state index contributed by atoms with van der Waals surface area (Å²) in [6.07, 6.45) is 4.42. The van der Waals surface area contributed by atoms with Gasteiger partial charge in [-0.3, -0.25) is 9.69 Å². The Balaban J connectivity index is 1.50. The Morgan fingerprint density at radius 2 is 1.97 bits per heavy atom. The van der Waals surface area contributed by atoms with E-state index in [4.69, 9.17) is 21.4 Å². The largest absolute Gasteiger partial charge is 0.492 e. The highest BCUT2D eigenvalue weighted by molar-refractivity contribution is 6.34. The number of aliphatic hydroxyl groups is 1. The Hall–Kier alpha value is -2.54. The van der Waals surface area contributed by atoms with E-state index in [-0.39, 0.29) is 12.5 Å². The van der Waals surface area contributed by atoms with Crippen LogP contribution < -0.4 is 10.1 Å². The molecule has 6 nitrogen and oxygen atoms in total. The lowest BCUT2D eigenvalue weighted by Crippen LogP contribution is -2.28. The highest BCUT2D eigenvalue weighted by atomic mass is 35.5. The summed E-state index contributed by atoms with van der Waals surface area (Å²) in [6, 6.07) is 10.5. The number of amides is 1. The molecular weight excluding hydrogens is 426 g/mol. The van der Waals surface area contributed by atoms with E-state index in [1.807, 2.05) is 6.07 Å². The minimum atomic E-state index is -0.122. The number of carbonyl (C=O) groups excluding carboxylic acids is 1. The number of fused-ring (bicyclic) bond motifs is 2. The van der Waals surface area contributed by atoms with Crippen molar-refractivity contribution >= 4 is 28.4 Å². The van der Waals surface area contributed by atoms with Crippen molar-refractivity contribution in [3.8, 4) is 17.0 Å². The average Bonchev–Trinajstić information content (AvgIpc) is 3.40. The van der Waals surface area contributed by atoms with Crippen LogP contribution in [0.3, 0.4) is 0 Å². The molecule has 1 fully saturated rings. The predicted molar refractivity (Wildman–Crippen MR) is 126 cm³/mol. The van der Waals surface area contributed by atoms with Gasteiger partial charge in [0.25, 0.3) is 5.91 Å². The molecule has 1 amide bonds. The third kappa shape index (κ3) is 4.10. The summed E-state index contributed by atoms with van der Waals surface area (Å²) >= 11 is 6.56. The number of halogens is 1. The zero-order valence-electron chi connectivity index (χ0n) is 18.0. The molecule has 2 aliphatic heterocycles. The van der Waals surface area contributed by atoms with E-state index >= 15 is 0 Å². The van der Waals surface area contributed by atoms with Crippen molar-refractivity contribution in [3.05, 3.63) is 52.0 Å². The zero-order chi connectivity index (χ0) is 22.1. The first-order valence-corrected chi connectivity index (χ1v) is 11.7. The van der Waals surface area contributed by atoms with Gasteiger partial charge in [0, 0.05) is 53.8 Å². The van der Waals surface area contributed by atoms with Gasteiger partial charge in [0.05, 0.1) is 17.2 Å². The molecule has 0 radical (unpaired) electrons. The number of carbonyl (C=O) groups is 1. The molecule has 3 N–H and O–H groups in total. The monoisotopic (exact) mass is 453 g/mol. The van der Waals surface area contributed by atoms with E-state index in [0.717, 1.165) is 34.3 Å². The van der Waals surface area contributed by atoms with Crippen molar-refractivity contribution in [1.82, 2.24) is 15.2 Å². The Morgan fingerprint density at radius 3 is 2.78 bits per heavy atom. The average molecular weight is 454 g/mol. The van der Waals surface area contributed by atoms with E-state index in [0.29, 0.717) is 35.9 Å². The van der Waals surface area contributed by atoms with Gasteiger partial charge in [-0.05, 0) is 55.8 Å². The molecule has 2 aromatic carbocycles. The number of aromatic nitrogens is 1. The van der Waals surface area contributed by atoms with Gasteiger partial charge in [-0.15, -0.1) is 0 Å². The Morgan fingerprint density at radius 1 is 1.12 bits per heavy atom. The number of aliphatic hydroxyl groups excluding tert-OH is 1. The molecule has 0 aliphatic carbocycles. The Labute approximate surface area is 192 Å². The molecule has 1 aromatic heterocycles. The standard InChI is InChI=1S/C25H28ClN3O3/c26-24-19-14-27-25(31)23(19)18(13-22(24)32-10-4-9-30)21-12-17-11-16(5-6-20(17)28-21)15-29-7-2-1-3-8-29/h5-6,11-13,28,30H,1-4,7-10,14-15H2,(H,27,31). The number of benzene rings is 2. The lowest BCUT2D eigenvalue weighted by molar-refractivity contribution is 0.0966. The number of H-pyrrole nitrogens is 1. The minimum absolute atomic E-state index is 0.0528. The second kappa shape index (κ2) is 9.14. The molecule has 0 saturated carbocycles. The molecule has 2 aliphatic rings. The summed E-state index contributed by atoms with van der Waals surface area (Å²) in [6.45, 7) is 4.11. The number of aromatic amines is 1. The maximum absolute atomic E-state index is 12.6. The summed E-state index contributed by atoms with van der Waals surface area (Å²) in [5, 5.41) is 13.5. The highest BCUT2D eigenvalue weighted by Crippen LogP contribution is 2.40. The summed E-state index contributed by atoms with van der Waals surface area (Å²) in [5.41, 5.74) is 5.35. The number of likely N-dealkylation sites (tertiary alicyclic amines) is 1. The quantitative estimate of drug-likeness (QED) is 0.461. The number of nitrogens with one attached hydrogen (secondary N) is 2. The minimum Gasteiger partial charge on any atom is -0.492 e. The highest BCUT2D eigenvalue weighted by Gasteiger charge is 2.29. The van der Waals surface area contributed by atoms with Crippen LogP contribution in [0.4, 0.5) is 0 Å². The summed E-state index contributed by atoms with van der Waals surface area (Å²) < 4.78 is 5.83. The first-order valence-electron chi connectivity index (χ1n) is 11.4. The molecule has 0 spiro atoms. The van der Waals surface area contributed by atoms with Gasteiger partial charge in [0.15, 0.2) is 0 Å². The number of ether oxygens (including phenoxy) is 1. The van der Waals surface area contributed by atoms with E-state index in [1.165, 1.54) is 37.9 Å². The van der Waals surface area contributed by atoms with Crippen molar-refractivity contribution in [2.24, 2.45) is 0 Å². The maximum atomic E-state index is 12.6. The lowest BCUT2D eigenvalue weighted by atomic mass is 9.99. The summed E-state index contributed by atoms with van der Waals surface area (Å²) in [7, 11) is 0. The molecule has 5 rings (SSSR count). The van der Waals surface area contributed by atoms with Crippen LogP contribution >= 0.6 is 11.6 Å². The van der Waals surface area contributed by atoms with E-state index in [1.54, 1.807) is 0 Å². The van der Waals surface area contributed by atoms with Crippen molar-refractivity contribution in [2.75, 3.05) is 26.3 Å². The molecule has 0 unspecified atom stereocenters. The topological polar surface area (TPSA) is 77.6 Å². The Bertz CT molecular complexity index is 1150. The third-order valence-electron chi connectivity index (χ3n) is 6.37. The maximum Gasteiger partial charge on any atom is 0.252 e. The SMILES string of the molecule is O=C1NCc2c(Cl)c(OCCCO)cc(-c3cc4cc(CN5CCCCC5)ccc4[nH]3)c21. The van der Waals surface area contributed by atoms with Crippen LogP contribution in [0.2, 0.25) is 5.02 Å². The molecule has 1 saturated heterocycles. The van der Waals surface area contributed by atoms with Gasteiger partial charge in [0.2, 0.25) is 0 Å². The number of hydrogen-bond acceptors (Lipinski definition) is 4. The first kappa shape index (κ1) is 21.3. The number of rotatable bonds is 7. The number of hydrogen-bond donors (Lipinski definition) is 3. The summed E-state index contributed by atoms with van der Waals surface area (Å²) in [4.78, 5) is 18.6. The van der Waals surface area contributed by atoms with Gasteiger partial charge in [-0.25, -0.2) is 0 Å². The molecule has 32 heavy (non-hydrogen) atoms. The molecule has 0 bridgehead atoms. The predicted octanol–water partition coefficient (Wildman–Crippen LogP) is 4.48. The van der Waals surface area contributed by atoms with Crippen molar-refractivity contribution in [1.29, 1.82) is 0 Å². The zero-order valence-corrected chi connectivity index (χ0v) is 18.8. The number of nitrogens with zero attached hydrogens (tertiary/aromatic N) is 1. The van der Waals surface area contributed by atoms with Crippen LogP contribution in [0.5, 0.6) is 5.75 Å². The van der Waals surface area contributed by atoms with Crippen molar-refractivity contribution in [3.63, 3.8) is 0 Å². The number of piperidine rings is 1.